The Morgan fingerprint density at radius 2 is 1.84 bits per heavy atom. The molecule has 1 fully saturated rings. The molecule has 1 atom stereocenters. The number of rotatable bonds is 2. The molecule has 1 unspecified atom stereocenters. The van der Waals surface area contributed by atoms with Gasteiger partial charge in [0, 0.05) is 18.3 Å². The quantitative estimate of drug-likeness (QED) is 0.886. The van der Waals surface area contributed by atoms with Crippen molar-refractivity contribution in [2.45, 2.75) is 52.1 Å². The van der Waals surface area contributed by atoms with E-state index in [1.807, 2.05) is 18.7 Å². The molecule has 2 rings (SSSR count). The molecular formula is C16H24N2O. The molecule has 0 radical (unpaired) electrons. The van der Waals surface area contributed by atoms with Crippen LogP contribution >= 0.6 is 0 Å². The zero-order chi connectivity index (χ0) is 14.2. The first-order chi connectivity index (χ1) is 8.81. The van der Waals surface area contributed by atoms with Crippen molar-refractivity contribution in [2.75, 3.05) is 11.4 Å². The molecule has 1 aliphatic rings. The Kier molecular flexibility index (Phi) is 3.68. The number of benzene rings is 1. The van der Waals surface area contributed by atoms with Gasteiger partial charge in [-0.05, 0) is 44.4 Å². The van der Waals surface area contributed by atoms with Crippen molar-refractivity contribution in [3.8, 4) is 0 Å². The molecular weight excluding hydrogens is 236 g/mol. The summed E-state index contributed by atoms with van der Waals surface area (Å²) in [4.78, 5) is 14.4. The first-order valence-electron chi connectivity index (χ1n) is 7.01. The number of carbonyl (C=O) groups excluding carboxylic acids is 1. The second kappa shape index (κ2) is 4.97. The number of nitrogens with zero attached hydrogens (tertiary/aromatic N) is 1. The molecule has 3 nitrogen and oxygen atoms in total. The summed E-state index contributed by atoms with van der Waals surface area (Å²) in [5, 5.41) is 3.34. The number of amides is 1. The second-order valence-electron chi connectivity index (χ2n) is 6.33. The second-order valence-corrected chi connectivity index (χ2v) is 6.33. The summed E-state index contributed by atoms with van der Waals surface area (Å²) >= 11 is 0. The van der Waals surface area contributed by atoms with E-state index in [0.717, 1.165) is 12.2 Å². The van der Waals surface area contributed by atoms with Crippen LogP contribution in [0.5, 0.6) is 0 Å². The molecule has 3 heteroatoms. The Morgan fingerprint density at radius 1 is 1.26 bits per heavy atom. The lowest BCUT2D eigenvalue weighted by atomic mass is 9.96. The summed E-state index contributed by atoms with van der Waals surface area (Å²) in [6, 6.07) is 8.65. The fourth-order valence-electron chi connectivity index (χ4n) is 2.68. The molecule has 0 aromatic heterocycles. The minimum atomic E-state index is -0.492. The van der Waals surface area contributed by atoms with Crippen molar-refractivity contribution in [3.05, 3.63) is 29.8 Å². The van der Waals surface area contributed by atoms with Gasteiger partial charge in [0.2, 0.25) is 5.91 Å². The summed E-state index contributed by atoms with van der Waals surface area (Å²) in [6.45, 7) is 11.1. The van der Waals surface area contributed by atoms with Crippen molar-refractivity contribution in [1.29, 1.82) is 0 Å². The molecule has 0 bridgehead atoms. The molecule has 1 amide bonds. The highest BCUT2D eigenvalue weighted by Gasteiger charge is 2.38. The largest absolute Gasteiger partial charge is 0.309 e. The van der Waals surface area contributed by atoms with E-state index in [0.29, 0.717) is 12.0 Å². The maximum atomic E-state index is 12.5. The van der Waals surface area contributed by atoms with Crippen molar-refractivity contribution >= 4 is 11.6 Å². The lowest BCUT2D eigenvalue weighted by Crippen LogP contribution is -2.65. The van der Waals surface area contributed by atoms with Crippen LogP contribution in [0.3, 0.4) is 0 Å². The minimum Gasteiger partial charge on any atom is -0.309 e. The minimum absolute atomic E-state index is 0.142. The molecule has 0 spiro atoms. The van der Waals surface area contributed by atoms with Gasteiger partial charge in [-0.3, -0.25) is 10.1 Å². The van der Waals surface area contributed by atoms with E-state index in [1.54, 1.807) is 0 Å². The van der Waals surface area contributed by atoms with Crippen LogP contribution in [0.15, 0.2) is 24.3 Å². The SMILES string of the molecule is CC1CN(c2ccc(C(C)C)cc2)C(=O)C(C)(C)N1. The van der Waals surface area contributed by atoms with Crippen LogP contribution in [0, 0.1) is 0 Å². The van der Waals surface area contributed by atoms with E-state index in [-0.39, 0.29) is 5.91 Å². The predicted molar refractivity (Wildman–Crippen MR) is 79.6 cm³/mol. The van der Waals surface area contributed by atoms with Crippen molar-refractivity contribution in [2.24, 2.45) is 0 Å². The van der Waals surface area contributed by atoms with Gasteiger partial charge in [0.1, 0.15) is 0 Å². The molecule has 1 aliphatic heterocycles. The summed E-state index contributed by atoms with van der Waals surface area (Å²) in [6.07, 6.45) is 0. The van der Waals surface area contributed by atoms with Crippen molar-refractivity contribution in [3.63, 3.8) is 0 Å². The molecule has 0 aliphatic carbocycles. The summed E-state index contributed by atoms with van der Waals surface area (Å²) < 4.78 is 0. The number of anilines is 1. The van der Waals surface area contributed by atoms with Crippen LogP contribution in [0.4, 0.5) is 5.69 Å². The third-order valence-corrected chi connectivity index (χ3v) is 3.71. The molecule has 1 aromatic rings. The standard InChI is InChI=1S/C16H24N2O/c1-11(2)13-6-8-14(9-7-13)18-10-12(3)17-16(4,5)15(18)19/h6-9,11-12,17H,10H2,1-5H3. The average molecular weight is 260 g/mol. The van der Waals surface area contributed by atoms with E-state index in [9.17, 15) is 4.79 Å². The lowest BCUT2D eigenvalue weighted by Gasteiger charge is -2.41. The monoisotopic (exact) mass is 260 g/mol. The van der Waals surface area contributed by atoms with Gasteiger partial charge in [0.05, 0.1) is 5.54 Å². The smallest absolute Gasteiger partial charge is 0.246 e. The number of piperazine rings is 1. The van der Waals surface area contributed by atoms with Gasteiger partial charge >= 0.3 is 0 Å². The van der Waals surface area contributed by atoms with Gasteiger partial charge in [0.25, 0.3) is 0 Å². The predicted octanol–water partition coefficient (Wildman–Crippen LogP) is 2.91. The Labute approximate surface area is 116 Å². The third kappa shape index (κ3) is 2.81. The normalized spacial score (nSPS) is 22.9. The van der Waals surface area contributed by atoms with Crippen LogP contribution in [-0.4, -0.2) is 24.0 Å². The summed E-state index contributed by atoms with van der Waals surface area (Å²) in [5.74, 6) is 0.658. The zero-order valence-corrected chi connectivity index (χ0v) is 12.5. The molecule has 1 saturated heterocycles. The fourth-order valence-corrected chi connectivity index (χ4v) is 2.68. The Balaban J connectivity index is 2.27. The number of carbonyl (C=O) groups is 1. The fraction of sp³-hybridized carbons (Fsp3) is 0.562. The van der Waals surface area contributed by atoms with Gasteiger partial charge in [-0.1, -0.05) is 26.0 Å². The zero-order valence-electron chi connectivity index (χ0n) is 12.5. The van der Waals surface area contributed by atoms with E-state index in [4.69, 9.17) is 0 Å². The van der Waals surface area contributed by atoms with Crippen molar-refractivity contribution in [1.82, 2.24) is 5.32 Å². The summed E-state index contributed by atoms with van der Waals surface area (Å²) in [7, 11) is 0. The molecule has 19 heavy (non-hydrogen) atoms. The number of hydrogen-bond donors (Lipinski definition) is 1. The van der Waals surface area contributed by atoms with Gasteiger partial charge in [0.15, 0.2) is 0 Å². The highest BCUT2D eigenvalue weighted by atomic mass is 16.2. The van der Waals surface area contributed by atoms with Gasteiger partial charge < -0.3 is 4.90 Å². The lowest BCUT2D eigenvalue weighted by molar-refractivity contribution is -0.125. The molecule has 1 aromatic carbocycles. The van der Waals surface area contributed by atoms with Gasteiger partial charge in [-0.25, -0.2) is 0 Å². The molecule has 104 valence electrons. The van der Waals surface area contributed by atoms with E-state index in [1.165, 1.54) is 5.56 Å². The van der Waals surface area contributed by atoms with Crippen molar-refractivity contribution < 1.29 is 4.79 Å². The number of hydrogen-bond acceptors (Lipinski definition) is 2. The molecule has 1 N–H and O–H groups in total. The van der Waals surface area contributed by atoms with E-state index < -0.39 is 5.54 Å². The third-order valence-electron chi connectivity index (χ3n) is 3.71. The van der Waals surface area contributed by atoms with Gasteiger partial charge in [-0.2, -0.15) is 0 Å². The van der Waals surface area contributed by atoms with E-state index >= 15 is 0 Å². The first kappa shape index (κ1) is 14.1. The highest BCUT2D eigenvalue weighted by molar-refractivity contribution is 6.00. The molecule has 1 heterocycles. The first-order valence-corrected chi connectivity index (χ1v) is 7.01. The topological polar surface area (TPSA) is 32.3 Å². The van der Waals surface area contributed by atoms with Crippen LogP contribution in [0.2, 0.25) is 0 Å². The highest BCUT2D eigenvalue weighted by Crippen LogP contribution is 2.25. The van der Waals surface area contributed by atoms with Crippen LogP contribution in [0.25, 0.3) is 0 Å². The Hall–Kier alpha value is -1.35. The van der Waals surface area contributed by atoms with Crippen LogP contribution < -0.4 is 10.2 Å². The Bertz CT molecular complexity index is 462. The summed E-state index contributed by atoms with van der Waals surface area (Å²) in [5.41, 5.74) is 1.81. The average Bonchev–Trinajstić information content (AvgIpc) is 2.33. The van der Waals surface area contributed by atoms with Crippen LogP contribution in [0.1, 0.15) is 46.1 Å². The van der Waals surface area contributed by atoms with Gasteiger partial charge in [-0.15, -0.1) is 0 Å². The van der Waals surface area contributed by atoms with E-state index in [2.05, 4.69) is 50.4 Å². The maximum Gasteiger partial charge on any atom is 0.246 e. The number of nitrogens with one attached hydrogen (secondary N) is 1. The Morgan fingerprint density at radius 3 is 2.37 bits per heavy atom. The molecule has 0 saturated carbocycles. The maximum absolute atomic E-state index is 12.5. The van der Waals surface area contributed by atoms with Crippen LogP contribution in [-0.2, 0) is 4.79 Å².